The van der Waals surface area contributed by atoms with E-state index in [1.165, 1.54) is 13.8 Å². The molecule has 0 saturated carbocycles. The molecule has 0 heterocycles. The molecule has 7 N–H and O–H groups in total. The molecule has 3 amide bonds. The third-order valence-corrected chi connectivity index (χ3v) is 2.46. The largest absolute Gasteiger partial charge is 0.480 e. The lowest BCUT2D eigenvalue weighted by atomic mass is 10.1. The minimum absolute atomic E-state index is 0.121. The van der Waals surface area contributed by atoms with Gasteiger partial charge in [0.1, 0.15) is 12.1 Å². The van der Waals surface area contributed by atoms with Gasteiger partial charge in [-0.3, -0.25) is 14.4 Å². The molecule has 0 aliphatic carbocycles. The third kappa shape index (κ3) is 6.69. The normalized spacial score (nSPS) is 14.8. The Morgan fingerprint density at radius 1 is 1.10 bits per heavy atom. The number of carbonyl (C=O) groups is 4. The number of rotatable bonds is 8. The molecule has 0 aromatic carbocycles. The Labute approximate surface area is 116 Å². The Kier molecular flexibility index (Phi) is 7.22. The van der Waals surface area contributed by atoms with Gasteiger partial charge in [-0.15, -0.1) is 0 Å². The van der Waals surface area contributed by atoms with E-state index in [2.05, 4.69) is 10.6 Å². The van der Waals surface area contributed by atoms with Crippen LogP contribution in [0.3, 0.4) is 0 Å². The second-order valence-corrected chi connectivity index (χ2v) is 4.42. The summed E-state index contributed by atoms with van der Waals surface area (Å²) >= 11 is 0. The zero-order valence-corrected chi connectivity index (χ0v) is 11.4. The van der Waals surface area contributed by atoms with Crippen LogP contribution in [0.15, 0.2) is 0 Å². The minimum Gasteiger partial charge on any atom is -0.480 e. The summed E-state index contributed by atoms with van der Waals surface area (Å²) in [5, 5.41) is 13.5. The van der Waals surface area contributed by atoms with Crippen molar-refractivity contribution < 1.29 is 24.3 Å². The van der Waals surface area contributed by atoms with Crippen molar-refractivity contribution in [1.29, 1.82) is 0 Å². The molecule has 0 aromatic heterocycles. The van der Waals surface area contributed by atoms with Crippen LogP contribution in [0.2, 0.25) is 0 Å². The average Bonchev–Trinajstić information content (AvgIpc) is 2.32. The summed E-state index contributed by atoms with van der Waals surface area (Å²) in [6.07, 6.45) is -0.289. The maximum atomic E-state index is 11.7. The fourth-order valence-corrected chi connectivity index (χ4v) is 1.25. The van der Waals surface area contributed by atoms with E-state index in [0.717, 1.165) is 0 Å². The SMILES string of the molecule is C[C@H](NC(=O)[C@@H](C)N)C(=O)N[C@@H](CCC(N)=O)C(=O)O. The van der Waals surface area contributed by atoms with Crippen LogP contribution in [0.1, 0.15) is 26.7 Å². The molecule has 0 aliphatic heterocycles. The van der Waals surface area contributed by atoms with Crippen LogP contribution >= 0.6 is 0 Å². The molecular weight excluding hydrogens is 268 g/mol. The molecule has 0 rings (SSSR count). The molecule has 9 heteroatoms. The van der Waals surface area contributed by atoms with Gasteiger partial charge in [0.2, 0.25) is 17.7 Å². The van der Waals surface area contributed by atoms with Crippen LogP contribution in [0.4, 0.5) is 0 Å². The van der Waals surface area contributed by atoms with Crippen LogP contribution in [-0.2, 0) is 19.2 Å². The molecule has 0 aromatic rings. The van der Waals surface area contributed by atoms with E-state index in [9.17, 15) is 19.2 Å². The number of hydrogen-bond acceptors (Lipinski definition) is 5. The lowest BCUT2D eigenvalue weighted by Gasteiger charge is -2.19. The van der Waals surface area contributed by atoms with Crippen LogP contribution in [0, 0.1) is 0 Å². The van der Waals surface area contributed by atoms with Crippen molar-refractivity contribution in [3.63, 3.8) is 0 Å². The van der Waals surface area contributed by atoms with Crippen LogP contribution < -0.4 is 22.1 Å². The first kappa shape index (κ1) is 17.8. The van der Waals surface area contributed by atoms with Crippen LogP contribution in [-0.4, -0.2) is 46.9 Å². The Morgan fingerprint density at radius 2 is 1.65 bits per heavy atom. The Morgan fingerprint density at radius 3 is 2.05 bits per heavy atom. The first-order valence-corrected chi connectivity index (χ1v) is 6.02. The maximum absolute atomic E-state index is 11.7. The Balaban J connectivity index is 4.48. The Bertz CT molecular complexity index is 396. The molecule has 20 heavy (non-hydrogen) atoms. The van der Waals surface area contributed by atoms with Gasteiger partial charge in [-0.2, -0.15) is 0 Å². The molecular formula is C11H20N4O5. The predicted molar refractivity (Wildman–Crippen MR) is 69.2 cm³/mol. The number of carboxylic acid groups (broad SMARTS) is 1. The van der Waals surface area contributed by atoms with Crippen molar-refractivity contribution >= 4 is 23.7 Å². The summed E-state index contributed by atoms with van der Waals surface area (Å²) in [7, 11) is 0. The van der Waals surface area contributed by atoms with E-state index in [1.54, 1.807) is 0 Å². The quantitative estimate of drug-likeness (QED) is 0.336. The van der Waals surface area contributed by atoms with Crippen molar-refractivity contribution in [3.05, 3.63) is 0 Å². The second kappa shape index (κ2) is 8.10. The van der Waals surface area contributed by atoms with E-state index < -0.39 is 41.8 Å². The van der Waals surface area contributed by atoms with Crippen molar-refractivity contribution in [2.24, 2.45) is 11.5 Å². The Hall–Kier alpha value is -2.16. The zero-order valence-electron chi connectivity index (χ0n) is 11.4. The lowest BCUT2D eigenvalue weighted by molar-refractivity contribution is -0.142. The first-order chi connectivity index (χ1) is 9.15. The predicted octanol–water partition coefficient (Wildman–Crippen LogP) is -2.33. The highest BCUT2D eigenvalue weighted by Crippen LogP contribution is 1.98. The summed E-state index contributed by atoms with van der Waals surface area (Å²) in [5.74, 6) is -3.17. The number of carbonyl (C=O) groups excluding carboxylic acids is 3. The molecule has 0 spiro atoms. The van der Waals surface area contributed by atoms with E-state index in [-0.39, 0.29) is 12.8 Å². The molecule has 0 fully saturated rings. The van der Waals surface area contributed by atoms with Crippen molar-refractivity contribution in [3.8, 4) is 0 Å². The van der Waals surface area contributed by atoms with Crippen molar-refractivity contribution in [2.45, 2.75) is 44.8 Å². The van der Waals surface area contributed by atoms with Crippen molar-refractivity contribution in [1.82, 2.24) is 10.6 Å². The van der Waals surface area contributed by atoms with Gasteiger partial charge >= 0.3 is 5.97 Å². The minimum atomic E-state index is -1.29. The molecule has 0 unspecified atom stereocenters. The van der Waals surface area contributed by atoms with Gasteiger partial charge < -0.3 is 27.2 Å². The number of amides is 3. The van der Waals surface area contributed by atoms with Gasteiger partial charge in [-0.05, 0) is 20.3 Å². The number of primary amides is 1. The average molecular weight is 288 g/mol. The molecule has 0 radical (unpaired) electrons. The number of carboxylic acids is 1. The fraction of sp³-hybridized carbons (Fsp3) is 0.636. The van der Waals surface area contributed by atoms with Gasteiger partial charge in [-0.25, -0.2) is 4.79 Å². The molecule has 0 bridgehead atoms. The highest BCUT2D eigenvalue weighted by molar-refractivity contribution is 5.91. The summed E-state index contributed by atoms with van der Waals surface area (Å²) in [6.45, 7) is 2.84. The maximum Gasteiger partial charge on any atom is 0.326 e. The van der Waals surface area contributed by atoms with Crippen LogP contribution in [0.25, 0.3) is 0 Å². The topological polar surface area (TPSA) is 165 Å². The monoisotopic (exact) mass is 288 g/mol. The van der Waals surface area contributed by atoms with E-state index in [0.29, 0.717) is 0 Å². The van der Waals surface area contributed by atoms with Gasteiger partial charge in [0.25, 0.3) is 0 Å². The lowest BCUT2D eigenvalue weighted by Crippen LogP contribution is -2.52. The highest BCUT2D eigenvalue weighted by Gasteiger charge is 2.24. The second-order valence-electron chi connectivity index (χ2n) is 4.42. The smallest absolute Gasteiger partial charge is 0.326 e. The third-order valence-electron chi connectivity index (χ3n) is 2.46. The molecule has 0 aliphatic rings. The van der Waals surface area contributed by atoms with Gasteiger partial charge in [0, 0.05) is 6.42 Å². The first-order valence-electron chi connectivity index (χ1n) is 6.02. The highest BCUT2D eigenvalue weighted by atomic mass is 16.4. The fourth-order valence-electron chi connectivity index (χ4n) is 1.25. The van der Waals surface area contributed by atoms with Gasteiger partial charge in [0.15, 0.2) is 0 Å². The van der Waals surface area contributed by atoms with Crippen molar-refractivity contribution in [2.75, 3.05) is 0 Å². The number of hydrogen-bond donors (Lipinski definition) is 5. The van der Waals surface area contributed by atoms with E-state index in [1.807, 2.05) is 0 Å². The van der Waals surface area contributed by atoms with E-state index >= 15 is 0 Å². The number of nitrogens with two attached hydrogens (primary N) is 2. The summed E-state index contributed by atoms with van der Waals surface area (Å²) in [5.41, 5.74) is 10.2. The summed E-state index contributed by atoms with van der Waals surface area (Å²) in [6, 6.07) is -2.97. The molecule has 3 atom stereocenters. The summed E-state index contributed by atoms with van der Waals surface area (Å²) in [4.78, 5) is 44.6. The van der Waals surface area contributed by atoms with E-state index in [4.69, 9.17) is 16.6 Å². The molecule has 0 saturated heterocycles. The van der Waals surface area contributed by atoms with Crippen LogP contribution in [0.5, 0.6) is 0 Å². The number of aliphatic carboxylic acids is 1. The molecule has 114 valence electrons. The standard InChI is InChI=1S/C11H20N4O5/c1-5(12)9(17)14-6(2)10(18)15-7(11(19)20)3-4-8(13)16/h5-7H,3-4,12H2,1-2H3,(H2,13,16)(H,14,17)(H,15,18)(H,19,20)/t5-,6+,7+/m1/s1. The number of nitrogens with one attached hydrogen (secondary N) is 2. The molecule has 9 nitrogen and oxygen atoms in total. The van der Waals surface area contributed by atoms with Gasteiger partial charge in [0.05, 0.1) is 6.04 Å². The zero-order chi connectivity index (χ0) is 15.9. The summed E-state index contributed by atoms with van der Waals surface area (Å²) < 4.78 is 0. The van der Waals surface area contributed by atoms with Gasteiger partial charge in [-0.1, -0.05) is 0 Å².